The van der Waals surface area contributed by atoms with Crippen molar-refractivity contribution in [1.29, 1.82) is 0 Å². The zero-order chi connectivity index (χ0) is 20.3. The van der Waals surface area contributed by atoms with E-state index in [9.17, 15) is 9.59 Å². The van der Waals surface area contributed by atoms with E-state index in [1.165, 1.54) is 25.7 Å². The van der Waals surface area contributed by atoms with Gasteiger partial charge in [0.15, 0.2) is 5.78 Å². The molecule has 0 bridgehead atoms. The zero-order valence-electron chi connectivity index (χ0n) is 17.5. The van der Waals surface area contributed by atoms with Gasteiger partial charge in [0.25, 0.3) is 0 Å². The summed E-state index contributed by atoms with van der Waals surface area (Å²) in [5, 5.41) is 2.64. The predicted molar refractivity (Wildman–Crippen MR) is 114 cm³/mol. The molecular formula is C22H35NO3S. The highest BCUT2D eigenvalue weighted by Crippen LogP contribution is 2.26. The number of carbonyl (C=O) groups is 2. The van der Waals surface area contributed by atoms with Crippen molar-refractivity contribution in [2.24, 2.45) is 5.92 Å². The molecule has 0 heterocycles. The molecule has 1 amide bonds. The number of carbonyl (C=O) groups excluding carboxylic acids is 2. The second-order valence-electron chi connectivity index (χ2n) is 7.88. The summed E-state index contributed by atoms with van der Waals surface area (Å²) in [4.78, 5) is 25.2. The van der Waals surface area contributed by atoms with Crippen molar-refractivity contribution >= 4 is 23.6 Å². The van der Waals surface area contributed by atoms with E-state index in [-0.39, 0.29) is 18.7 Å². The molecular weight excluding hydrogens is 358 g/mol. The molecule has 0 unspecified atom stereocenters. The first kappa shape index (κ1) is 23.5. The molecule has 0 aliphatic rings. The van der Waals surface area contributed by atoms with Crippen LogP contribution in [0.2, 0.25) is 0 Å². The molecule has 1 aromatic carbocycles. The first-order chi connectivity index (χ1) is 12.7. The Hall–Kier alpha value is -1.49. The maximum absolute atomic E-state index is 12.4. The fourth-order valence-corrected chi connectivity index (χ4v) is 3.98. The van der Waals surface area contributed by atoms with E-state index in [1.807, 2.05) is 50.7 Å². The summed E-state index contributed by atoms with van der Waals surface area (Å²) >= 11 is 1.83. The third-order valence-electron chi connectivity index (χ3n) is 4.06. The number of thioether (sulfide) groups is 1. The normalized spacial score (nSPS) is 11.5. The molecule has 0 saturated heterocycles. The molecule has 0 atom stereocenters. The molecule has 4 nitrogen and oxygen atoms in total. The Balaban J connectivity index is 2.50. The van der Waals surface area contributed by atoms with Crippen molar-refractivity contribution in [2.45, 2.75) is 77.2 Å². The topological polar surface area (TPSA) is 55.4 Å². The second kappa shape index (κ2) is 12.1. The molecule has 152 valence electrons. The number of rotatable bonds is 11. The van der Waals surface area contributed by atoms with Crippen molar-refractivity contribution in [1.82, 2.24) is 5.32 Å². The van der Waals surface area contributed by atoms with Gasteiger partial charge in [-0.25, -0.2) is 4.79 Å². The van der Waals surface area contributed by atoms with E-state index < -0.39 is 11.7 Å². The Kier molecular flexibility index (Phi) is 10.5. The highest BCUT2D eigenvalue weighted by Gasteiger charge is 2.16. The van der Waals surface area contributed by atoms with Gasteiger partial charge in [0.2, 0.25) is 0 Å². The van der Waals surface area contributed by atoms with E-state index >= 15 is 0 Å². The number of hydrogen-bond acceptors (Lipinski definition) is 4. The predicted octanol–water partition coefficient (Wildman–Crippen LogP) is 6.09. The third-order valence-corrected chi connectivity index (χ3v) is 5.28. The number of Topliss-reactive ketones (excluding diaryl/α,β-unsaturated/α-hetero) is 1. The quantitative estimate of drug-likeness (QED) is 0.365. The number of alkyl carbamates (subject to hydrolysis) is 1. The van der Waals surface area contributed by atoms with Crippen LogP contribution in [-0.4, -0.2) is 29.8 Å². The Labute approximate surface area is 168 Å². The van der Waals surface area contributed by atoms with Crippen LogP contribution in [0.4, 0.5) is 4.79 Å². The summed E-state index contributed by atoms with van der Waals surface area (Å²) < 4.78 is 5.17. The van der Waals surface area contributed by atoms with Crippen molar-refractivity contribution in [3.05, 3.63) is 29.8 Å². The largest absolute Gasteiger partial charge is 0.444 e. The van der Waals surface area contributed by atoms with Gasteiger partial charge in [-0.1, -0.05) is 38.8 Å². The Bertz CT molecular complexity index is 589. The van der Waals surface area contributed by atoms with Gasteiger partial charge in [0, 0.05) is 29.2 Å². The summed E-state index contributed by atoms with van der Waals surface area (Å²) in [7, 11) is 0. The minimum absolute atomic E-state index is 0.0344. The molecule has 0 spiro atoms. The molecule has 0 aromatic heterocycles. The maximum atomic E-state index is 12.4. The maximum Gasteiger partial charge on any atom is 0.407 e. The van der Waals surface area contributed by atoms with Crippen LogP contribution in [-0.2, 0) is 4.74 Å². The van der Waals surface area contributed by atoms with Crippen molar-refractivity contribution < 1.29 is 14.3 Å². The Morgan fingerprint density at radius 3 is 2.41 bits per heavy atom. The van der Waals surface area contributed by atoms with Crippen molar-refractivity contribution in [2.75, 3.05) is 12.3 Å². The van der Waals surface area contributed by atoms with E-state index in [0.717, 1.165) is 16.6 Å². The average Bonchev–Trinajstić information content (AvgIpc) is 2.58. The molecule has 1 N–H and O–H groups in total. The number of amides is 1. The minimum atomic E-state index is -0.535. The molecule has 5 heteroatoms. The molecule has 0 aliphatic heterocycles. The molecule has 1 rings (SSSR count). The Morgan fingerprint density at radius 1 is 1.15 bits per heavy atom. The molecule has 0 radical (unpaired) electrons. The monoisotopic (exact) mass is 393 g/mol. The first-order valence-corrected chi connectivity index (χ1v) is 11.0. The molecule has 0 fully saturated rings. The number of nitrogens with one attached hydrogen (secondary N) is 1. The molecule has 0 aliphatic carbocycles. The number of benzene rings is 1. The number of hydrogen-bond donors (Lipinski definition) is 1. The fourth-order valence-electron chi connectivity index (χ4n) is 2.84. The zero-order valence-corrected chi connectivity index (χ0v) is 18.3. The third kappa shape index (κ3) is 10.4. The highest BCUT2D eigenvalue weighted by atomic mass is 32.2. The van der Waals surface area contributed by atoms with Crippen LogP contribution in [0.25, 0.3) is 0 Å². The van der Waals surface area contributed by atoms with Crippen LogP contribution in [0, 0.1) is 5.92 Å². The summed E-state index contributed by atoms with van der Waals surface area (Å²) in [5.74, 6) is 1.87. The van der Waals surface area contributed by atoms with Gasteiger partial charge in [-0.15, -0.1) is 11.8 Å². The minimum Gasteiger partial charge on any atom is -0.444 e. The van der Waals surface area contributed by atoms with Crippen LogP contribution in [0.5, 0.6) is 0 Å². The summed E-state index contributed by atoms with van der Waals surface area (Å²) in [6.45, 7) is 10.2. The van der Waals surface area contributed by atoms with Gasteiger partial charge in [0.1, 0.15) is 5.60 Å². The number of ketones is 1. The van der Waals surface area contributed by atoms with Gasteiger partial charge in [-0.2, -0.15) is 0 Å². The lowest BCUT2D eigenvalue weighted by Crippen LogP contribution is -2.33. The summed E-state index contributed by atoms with van der Waals surface area (Å²) in [6, 6.07) is 7.81. The number of ether oxygens (including phenoxy) is 1. The van der Waals surface area contributed by atoms with Crippen molar-refractivity contribution in [3.8, 4) is 0 Å². The standard InChI is InChI=1S/C22H35NO3S/c1-6-9-17(10-7-2)16-27-19-12-8-11-18(15-19)20(24)13-14-23-21(25)26-22(3,4)5/h8,11-12,15,17H,6-7,9-10,13-14,16H2,1-5H3,(H,23,25). The van der Waals surface area contributed by atoms with Crippen LogP contribution < -0.4 is 5.32 Å². The van der Waals surface area contributed by atoms with Crippen LogP contribution >= 0.6 is 11.8 Å². The SMILES string of the molecule is CCCC(CCC)CSc1cccc(C(=O)CCNC(=O)OC(C)(C)C)c1. The Morgan fingerprint density at radius 2 is 1.81 bits per heavy atom. The highest BCUT2D eigenvalue weighted by molar-refractivity contribution is 7.99. The first-order valence-electron chi connectivity index (χ1n) is 9.98. The van der Waals surface area contributed by atoms with E-state index in [4.69, 9.17) is 4.74 Å². The van der Waals surface area contributed by atoms with Gasteiger partial charge in [-0.05, 0) is 51.7 Å². The fraction of sp³-hybridized carbons (Fsp3) is 0.636. The summed E-state index contributed by atoms with van der Waals surface area (Å²) in [6.07, 6.45) is 4.73. The van der Waals surface area contributed by atoms with Gasteiger partial charge in [-0.3, -0.25) is 4.79 Å². The van der Waals surface area contributed by atoms with Gasteiger partial charge >= 0.3 is 6.09 Å². The van der Waals surface area contributed by atoms with Crippen LogP contribution in [0.3, 0.4) is 0 Å². The smallest absolute Gasteiger partial charge is 0.407 e. The molecule has 1 aromatic rings. The van der Waals surface area contributed by atoms with Crippen LogP contribution in [0.15, 0.2) is 29.2 Å². The lowest BCUT2D eigenvalue weighted by molar-refractivity contribution is 0.0527. The van der Waals surface area contributed by atoms with Gasteiger partial charge in [0.05, 0.1) is 0 Å². The average molecular weight is 394 g/mol. The molecule has 27 heavy (non-hydrogen) atoms. The van der Waals surface area contributed by atoms with E-state index in [0.29, 0.717) is 5.56 Å². The lowest BCUT2D eigenvalue weighted by Gasteiger charge is -2.19. The van der Waals surface area contributed by atoms with Crippen LogP contribution in [0.1, 0.15) is 77.1 Å². The van der Waals surface area contributed by atoms with E-state index in [1.54, 1.807) is 0 Å². The lowest BCUT2D eigenvalue weighted by atomic mass is 10.0. The van der Waals surface area contributed by atoms with Crippen molar-refractivity contribution in [3.63, 3.8) is 0 Å². The van der Waals surface area contributed by atoms with Gasteiger partial charge < -0.3 is 10.1 Å². The second-order valence-corrected chi connectivity index (χ2v) is 8.98. The summed E-state index contributed by atoms with van der Waals surface area (Å²) in [5.41, 5.74) is 0.168. The van der Waals surface area contributed by atoms with E-state index in [2.05, 4.69) is 25.2 Å². The molecule has 0 saturated carbocycles.